The molecular weight excluding hydrogens is 435 g/mol. The fourth-order valence-corrected chi connectivity index (χ4v) is 3.68. The van der Waals surface area contributed by atoms with Gasteiger partial charge in [-0.25, -0.2) is 4.79 Å². The van der Waals surface area contributed by atoms with Gasteiger partial charge in [0, 0.05) is 29.4 Å². The van der Waals surface area contributed by atoms with E-state index in [2.05, 4.69) is 15.5 Å². The second kappa shape index (κ2) is 8.61. The van der Waals surface area contributed by atoms with Crippen LogP contribution in [0, 0.1) is 0 Å². The van der Waals surface area contributed by atoms with Gasteiger partial charge in [-0.15, -0.1) is 0 Å². The highest BCUT2D eigenvalue weighted by Crippen LogP contribution is 2.29. The number of carbonyl (C=O) groups excluding carboxylic acids is 1. The number of anilines is 1. The first kappa shape index (κ1) is 20.0. The number of halogens is 3. The molecule has 0 spiro atoms. The lowest BCUT2D eigenvalue weighted by molar-refractivity contribution is 0.184. The number of nitrogens with zero attached hydrogens (tertiary/aromatic N) is 3. The molecule has 6 nitrogen and oxygen atoms in total. The summed E-state index contributed by atoms with van der Waals surface area (Å²) in [5.41, 5.74) is 1.42. The van der Waals surface area contributed by atoms with Crippen molar-refractivity contribution in [3.05, 3.63) is 63.4 Å². The summed E-state index contributed by atoms with van der Waals surface area (Å²) in [6.45, 7) is 1.15. The highest BCUT2D eigenvalue weighted by molar-refractivity contribution is 6.42. The number of likely N-dealkylation sites (tertiary alicyclic amines) is 1. The topological polar surface area (TPSA) is 71.3 Å². The third-order valence-electron chi connectivity index (χ3n) is 4.77. The molecule has 0 radical (unpaired) electrons. The summed E-state index contributed by atoms with van der Waals surface area (Å²) in [4.78, 5) is 18.9. The maximum absolute atomic E-state index is 12.7. The van der Waals surface area contributed by atoms with Gasteiger partial charge in [-0.05, 0) is 55.3 Å². The van der Waals surface area contributed by atoms with E-state index in [4.69, 9.17) is 39.3 Å². The van der Waals surface area contributed by atoms with Crippen LogP contribution in [0.2, 0.25) is 15.1 Å². The molecule has 1 aliphatic rings. The van der Waals surface area contributed by atoms with Crippen molar-refractivity contribution < 1.29 is 9.32 Å². The second-order valence-electron chi connectivity index (χ2n) is 6.81. The van der Waals surface area contributed by atoms with Crippen LogP contribution in [-0.2, 0) is 0 Å². The van der Waals surface area contributed by atoms with E-state index in [1.807, 2.05) is 12.1 Å². The Balaban J connectivity index is 1.43. The Morgan fingerprint density at radius 1 is 1.10 bits per heavy atom. The third kappa shape index (κ3) is 4.66. The molecule has 1 fully saturated rings. The van der Waals surface area contributed by atoms with Crippen LogP contribution in [0.3, 0.4) is 0 Å². The number of aromatic nitrogens is 2. The zero-order valence-electron chi connectivity index (χ0n) is 15.2. The predicted molar refractivity (Wildman–Crippen MR) is 114 cm³/mol. The van der Waals surface area contributed by atoms with Crippen LogP contribution in [-0.4, -0.2) is 34.2 Å². The minimum absolute atomic E-state index is 0.0168. The Kier molecular flexibility index (Phi) is 5.94. The highest BCUT2D eigenvalue weighted by atomic mass is 35.5. The van der Waals surface area contributed by atoms with Crippen molar-refractivity contribution >= 4 is 46.5 Å². The van der Waals surface area contributed by atoms with Crippen molar-refractivity contribution in [2.45, 2.75) is 18.8 Å². The molecule has 2 aromatic carbocycles. The first-order valence-corrected chi connectivity index (χ1v) is 10.2. The number of rotatable bonds is 3. The van der Waals surface area contributed by atoms with Crippen LogP contribution in [0.1, 0.15) is 24.7 Å². The van der Waals surface area contributed by atoms with Crippen molar-refractivity contribution in [1.82, 2.24) is 15.0 Å². The monoisotopic (exact) mass is 450 g/mol. The highest BCUT2D eigenvalue weighted by Gasteiger charge is 2.29. The van der Waals surface area contributed by atoms with Gasteiger partial charge in [0.05, 0.1) is 16.0 Å². The Bertz CT molecular complexity index is 1020. The summed E-state index contributed by atoms with van der Waals surface area (Å²) >= 11 is 17.9. The zero-order valence-corrected chi connectivity index (χ0v) is 17.5. The third-order valence-corrected chi connectivity index (χ3v) is 5.76. The SMILES string of the molecule is O=C(Nc1ccc(Cl)c(Cl)c1)N1CCCC(c2nc(-c3ccc(Cl)cc3)no2)C1. The molecule has 1 aromatic heterocycles. The number of piperidine rings is 1. The standard InChI is InChI=1S/C20H17Cl3N4O2/c21-14-5-3-12(4-6-14)18-25-19(29-26-18)13-2-1-9-27(11-13)20(28)24-15-7-8-16(22)17(23)10-15/h3-8,10,13H,1-2,9,11H2,(H,24,28). The molecular formula is C20H17Cl3N4O2. The van der Waals surface area contributed by atoms with Crippen molar-refractivity contribution in [3.8, 4) is 11.4 Å². The smallest absolute Gasteiger partial charge is 0.321 e. The average molecular weight is 452 g/mol. The molecule has 0 saturated carbocycles. The molecule has 1 N–H and O–H groups in total. The quantitative estimate of drug-likeness (QED) is 0.521. The van der Waals surface area contributed by atoms with E-state index in [-0.39, 0.29) is 11.9 Å². The number of hydrogen-bond acceptors (Lipinski definition) is 4. The van der Waals surface area contributed by atoms with Gasteiger partial charge in [-0.2, -0.15) is 4.98 Å². The van der Waals surface area contributed by atoms with Gasteiger partial charge in [-0.3, -0.25) is 0 Å². The lowest BCUT2D eigenvalue weighted by Gasteiger charge is -2.31. The maximum Gasteiger partial charge on any atom is 0.321 e. The molecule has 4 rings (SSSR count). The van der Waals surface area contributed by atoms with Crippen LogP contribution in [0.4, 0.5) is 10.5 Å². The molecule has 1 unspecified atom stereocenters. The predicted octanol–water partition coefficient (Wildman–Crippen LogP) is 6.11. The molecule has 3 aromatic rings. The van der Waals surface area contributed by atoms with E-state index < -0.39 is 0 Å². The fraction of sp³-hybridized carbons (Fsp3) is 0.250. The zero-order chi connectivity index (χ0) is 20.4. The van der Waals surface area contributed by atoms with Crippen molar-refractivity contribution in [3.63, 3.8) is 0 Å². The molecule has 1 aliphatic heterocycles. The lowest BCUT2D eigenvalue weighted by Crippen LogP contribution is -2.41. The minimum Gasteiger partial charge on any atom is -0.339 e. The summed E-state index contributed by atoms with van der Waals surface area (Å²) in [5, 5.41) is 8.40. The largest absolute Gasteiger partial charge is 0.339 e. The Morgan fingerprint density at radius 2 is 1.90 bits per heavy atom. The molecule has 0 bridgehead atoms. The summed E-state index contributed by atoms with van der Waals surface area (Å²) in [6.07, 6.45) is 1.72. The molecule has 2 heterocycles. The number of benzene rings is 2. The van der Waals surface area contributed by atoms with E-state index in [0.29, 0.717) is 45.6 Å². The van der Waals surface area contributed by atoms with E-state index in [0.717, 1.165) is 18.4 Å². The molecule has 1 atom stereocenters. The second-order valence-corrected chi connectivity index (χ2v) is 8.06. The van der Waals surface area contributed by atoms with Crippen LogP contribution in [0.5, 0.6) is 0 Å². The Hall–Kier alpha value is -2.28. The Morgan fingerprint density at radius 3 is 2.66 bits per heavy atom. The van der Waals surface area contributed by atoms with Gasteiger partial charge in [0.2, 0.25) is 11.7 Å². The van der Waals surface area contributed by atoms with Gasteiger partial charge < -0.3 is 14.7 Å². The van der Waals surface area contributed by atoms with Gasteiger partial charge in [0.15, 0.2) is 0 Å². The minimum atomic E-state index is -0.203. The molecule has 2 amide bonds. The summed E-state index contributed by atoms with van der Waals surface area (Å²) in [6, 6.07) is 12.0. The number of hydrogen-bond donors (Lipinski definition) is 1. The van der Waals surface area contributed by atoms with Crippen molar-refractivity contribution in [2.75, 3.05) is 18.4 Å². The van der Waals surface area contributed by atoms with Gasteiger partial charge in [-0.1, -0.05) is 40.0 Å². The summed E-state index contributed by atoms with van der Waals surface area (Å²) < 4.78 is 5.48. The first-order chi connectivity index (χ1) is 14.0. The average Bonchev–Trinajstić information content (AvgIpc) is 3.22. The van der Waals surface area contributed by atoms with Gasteiger partial charge in [0.1, 0.15) is 0 Å². The van der Waals surface area contributed by atoms with Gasteiger partial charge >= 0.3 is 6.03 Å². The number of urea groups is 1. The number of amides is 2. The normalized spacial score (nSPS) is 16.7. The maximum atomic E-state index is 12.7. The fourth-order valence-electron chi connectivity index (χ4n) is 3.26. The molecule has 9 heteroatoms. The van der Waals surface area contributed by atoms with E-state index in [9.17, 15) is 4.79 Å². The van der Waals surface area contributed by atoms with Crippen molar-refractivity contribution in [1.29, 1.82) is 0 Å². The van der Waals surface area contributed by atoms with Gasteiger partial charge in [0.25, 0.3) is 0 Å². The summed E-state index contributed by atoms with van der Waals surface area (Å²) in [5.74, 6) is 1.02. The van der Waals surface area contributed by atoms with Crippen LogP contribution in [0.15, 0.2) is 47.0 Å². The van der Waals surface area contributed by atoms with Crippen LogP contribution < -0.4 is 5.32 Å². The number of carbonyl (C=O) groups is 1. The van der Waals surface area contributed by atoms with Crippen LogP contribution >= 0.6 is 34.8 Å². The summed E-state index contributed by atoms with van der Waals surface area (Å²) in [7, 11) is 0. The lowest BCUT2D eigenvalue weighted by atomic mass is 9.98. The van der Waals surface area contributed by atoms with Crippen LogP contribution in [0.25, 0.3) is 11.4 Å². The molecule has 150 valence electrons. The Labute approximate surface area is 182 Å². The molecule has 1 saturated heterocycles. The van der Waals surface area contributed by atoms with E-state index >= 15 is 0 Å². The number of nitrogens with one attached hydrogen (secondary N) is 1. The van der Waals surface area contributed by atoms with Crippen molar-refractivity contribution in [2.24, 2.45) is 0 Å². The molecule has 0 aliphatic carbocycles. The first-order valence-electron chi connectivity index (χ1n) is 9.10. The molecule has 29 heavy (non-hydrogen) atoms. The van der Waals surface area contributed by atoms with E-state index in [1.54, 1.807) is 35.2 Å². The van der Waals surface area contributed by atoms with E-state index in [1.165, 1.54) is 0 Å².